The van der Waals surface area contributed by atoms with Crippen LogP contribution in [0.25, 0.3) is 0 Å². The van der Waals surface area contributed by atoms with Gasteiger partial charge < -0.3 is 4.90 Å². The SMILES string of the molecule is C=CC(C)(C)c1ccccc1C1CN(C)Cc2c(Cl)cc(Cl)cc21. The second kappa shape index (κ2) is 6.55. The molecule has 1 nitrogen and oxygen atoms in total. The van der Waals surface area contributed by atoms with Crippen LogP contribution in [0, 0.1) is 0 Å². The third-order valence-corrected chi connectivity index (χ3v) is 5.59. The van der Waals surface area contributed by atoms with E-state index in [4.69, 9.17) is 23.2 Å². The highest BCUT2D eigenvalue weighted by molar-refractivity contribution is 6.35. The molecule has 0 saturated carbocycles. The summed E-state index contributed by atoms with van der Waals surface area (Å²) in [6.45, 7) is 10.2. The number of allylic oxidation sites excluding steroid dienone is 1. The van der Waals surface area contributed by atoms with Gasteiger partial charge in [0.1, 0.15) is 0 Å². The summed E-state index contributed by atoms with van der Waals surface area (Å²) in [5, 5.41) is 1.46. The molecule has 1 aliphatic heterocycles. The lowest BCUT2D eigenvalue weighted by molar-refractivity contribution is 0.294. The third-order valence-electron chi connectivity index (χ3n) is 5.03. The minimum atomic E-state index is -0.0881. The van der Waals surface area contributed by atoms with E-state index in [1.54, 1.807) is 0 Å². The van der Waals surface area contributed by atoms with Crippen molar-refractivity contribution in [3.63, 3.8) is 0 Å². The zero-order valence-electron chi connectivity index (χ0n) is 14.4. The zero-order chi connectivity index (χ0) is 17.5. The van der Waals surface area contributed by atoms with E-state index < -0.39 is 0 Å². The number of nitrogens with zero attached hydrogens (tertiary/aromatic N) is 1. The van der Waals surface area contributed by atoms with Crippen molar-refractivity contribution in [2.75, 3.05) is 13.6 Å². The van der Waals surface area contributed by atoms with Gasteiger partial charge in [-0.2, -0.15) is 0 Å². The molecule has 0 bridgehead atoms. The van der Waals surface area contributed by atoms with Crippen molar-refractivity contribution in [3.05, 3.63) is 81.4 Å². The van der Waals surface area contributed by atoms with Gasteiger partial charge in [-0.25, -0.2) is 0 Å². The molecule has 0 aliphatic carbocycles. The maximum atomic E-state index is 6.50. The van der Waals surface area contributed by atoms with Crippen LogP contribution < -0.4 is 0 Å². The smallest absolute Gasteiger partial charge is 0.0468 e. The lowest BCUT2D eigenvalue weighted by atomic mass is 9.75. The first-order valence-electron chi connectivity index (χ1n) is 8.23. The summed E-state index contributed by atoms with van der Waals surface area (Å²) < 4.78 is 0. The maximum Gasteiger partial charge on any atom is 0.0468 e. The normalized spacial score (nSPS) is 18.3. The van der Waals surface area contributed by atoms with Crippen molar-refractivity contribution >= 4 is 23.2 Å². The van der Waals surface area contributed by atoms with E-state index in [9.17, 15) is 0 Å². The van der Waals surface area contributed by atoms with Crippen molar-refractivity contribution in [2.24, 2.45) is 0 Å². The van der Waals surface area contributed by atoms with Crippen molar-refractivity contribution < 1.29 is 0 Å². The Kier molecular flexibility index (Phi) is 4.79. The van der Waals surface area contributed by atoms with E-state index in [2.05, 4.69) is 62.7 Å². The fourth-order valence-electron chi connectivity index (χ4n) is 3.61. The zero-order valence-corrected chi connectivity index (χ0v) is 16.0. The van der Waals surface area contributed by atoms with Gasteiger partial charge in [-0.15, -0.1) is 6.58 Å². The number of hydrogen-bond acceptors (Lipinski definition) is 1. The van der Waals surface area contributed by atoms with Crippen LogP contribution in [0.4, 0.5) is 0 Å². The average molecular weight is 360 g/mol. The van der Waals surface area contributed by atoms with Gasteiger partial charge in [0.15, 0.2) is 0 Å². The molecule has 1 heterocycles. The minimum Gasteiger partial charge on any atom is -0.301 e. The van der Waals surface area contributed by atoms with Crippen molar-refractivity contribution in [1.82, 2.24) is 4.90 Å². The van der Waals surface area contributed by atoms with E-state index in [0.717, 1.165) is 18.1 Å². The van der Waals surface area contributed by atoms with Gasteiger partial charge in [-0.3, -0.25) is 0 Å². The molecule has 2 aromatic rings. The Morgan fingerprint density at radius 3 is 2.58 bits per heavy atom. The van der Waals surface area contributed by atoms with E-state index in [0.29, 0.717) is 5.02 Å². The molecule has 1 aliphatic rings. The Balaban J connectivity index is 2.21. The Bertz CT molecular complexity index is 779. The quantitative estimate of drug-likeness (QED) is 0.604. The Morgan fingerprint density at radius 2 is 1.88 bits per heavy atom. The van der Waals surface area contributed by atoms with Gasteiger partial charge in [-0.1, -0.05) is 67.4 Å². The first-order valence-corrected chi connectivity index (χ1v) is 8.98. The molecule has 0 aromatic heterocycles. The molecule has 2 aromatic carbocycles. The molecule has 0 amide bonds. The second-order valence-corrected chi connectivity index (χ2v) is 8.06. The highest BCUT2D eigenvalue weighted by Crippen LogP contribution is 2.41. The number of rotatable bonds is 3. The standard InChI is InChI=1S/C21H23Cl2N/c1-5-21(2,3)19-9-7-6-8-15(19)17-12-24(4)13-18-16(17)10-14(22)11-20(18)23/h5-11,17H,1,12-13H2,2-4H3. The van der Waals surface area contributed by atoms with E-state index in [-0.39, 0.29) is 11.3 Å². The molecule has 0 radical (unpaired) electrons. The molecular formula is C21H23Cl2N. The van der Waals surface area contributed by atoms with Gasteiger partial charge in [-0.05, 0) is 41.4 Å². The molecule has 126 valence electrons. The summed E-state index contributed by atoms with van der Waals surface area (Å²) in [6, 6.07) is 12.6. The summed E-state index contributed by atoms with van der Waals surface area (Å²) in [4.78, 5) is 2.32. The number of likely N-dealkylation sites (N-methyl/N-ethyl adjacent to an activating group) is 1. The summed E-state index contributed by atoms with van der Waals surface area (Å²) >= 11 is 12.8. The lowest BCUT2D eigenvalue weighted by Crippen LogP contribution is -2.32. The van der Waals surface area contributed by atoms with Crippen LogP contribution in [0.2, 0.25) is 10.0 Å². The molecule has 0 spiro atoms. The molecule has 1 atom stereocenters. The predicted octanol–water partition coefficient (Wildman–Crippen LogP) is 6.03. The van der Waals surface area contributed by atoms with Crippen LogP contribution in [-0.2, 0) is 12.0 Å². The van der Waals surface area contributed by atoms with E-state index >= 15 is 0 Å². The average Bonchev–Trinajstić information content (AvgIpc) is 2.55. The van der Waals surface area contributed by atoms with Crippen LogP contribution in [0.5, 0.6) is 0 Å². The van der Waals surface area contributed by atoms with Gasteiger partial charge in [0, 0.05) is 34.5 Å². The van der Waals surface area contributed by atoms with Crippen LogP contribution >= 0.6 is 23.2 Å². The first-order chi connectivity index (χ1) is 11.3. The molecule has 3 heteroatoms. The predicted molar refractivity (Wildman–Crippen MR) is 104 cm³/mol. The van der Waals surface area contributed by atoms with Crippen LogP contribution in [0.3, 0.4) is 0 Å². The third kappa shape index (κ3) is 3.13. The maximum absolute atomic E-state index is 6.50. The largest absolute Gasteiger partial charge is 0.301 e. The topological polar surface area (TPSA) is 3.24 Å². The second-order valence-electron chi connectivity index (χ2n) is 7.22. The first kappa shape index (κ1) is 17.5. The number of hydrogen-bond donors (Lipinski definition) is 0. The fourth-order valence-corrected chi connectivity index (χ4v) is 4.18. The minimum absolute atomic E-state index is 0.0881. The van der Waals surface area contributed by atoms with Crippen molar-refractivity contribution in [3.8, 4) is 0 Å². The monoisotopic (exact) mass is 359 g/mol. The Morgan fingerprint density at radius 1 is 1.17 bits per heavy atom. The fraction of sp³-hybridized carbons (Fsp3) is 0.333. The molecular weight excluding hydrogens is 337 g/mol. The summed E-state index contributed by atoms with van der Waals surface area (Å²) in [7, 11) is 2.14. The van der Waals surface area contributed by atoms with Gasteiger partial charge in [0.25, 0.3) is 0 Å². The van der Waals surface area contributed by atoms with Crippen LogP contribution in [0.1, 0.15) is 42.0 Å². The van der Waals surface area contributed by atoms with Crippen molar-refractivity contribution in [2.45, 2.75) is 31.7 Å². The van der Waals surface area contributed by atoms with E-state index in [1.165, 1.54) is 22.3 Å². The summed E-state index contributed by atoms with van der Waals surface area (Å²) in [5.41, 5.74) is 4.98. The van der Waals surface area contributed by atoms with Gasteiger partial charge >= 0.3 is 0 Å². The lowest BCUT2D eigenvalue weighted by Gasteiger charge is -2.36. The number of benzene rings is 2. The van der Waals surface area contributed by atoms with Crippen LogP contribution in [-0.4, -0.2) is 18.5 Å². The summed E-state index contributed by atoms with van der Waals surface area (Å²) in [5.74, 6) is 0.255. The van der Waals surface area contributed by atoms with Crippen molar-refractivity contribution in [1.29, 1.82) is 0 Å². The van der Waals surface area contributed by atoms with Gasteiger partial charge in [0.2, 0.25) is 0 Å². The highest BCUT2D eigenvalue weighted by Gasteiger charge is 2.31. The molecule has 0 saturated heterocycles. The highest BCUT2D eigenvalue weighted by atomic mass is 35.5. The summed E-state index contributed by atoms with van der Waals surface area (Å²) in [6.07, 6.45) is 2.02. The molecule has 0 N–H and O–H groups in total. The van der Waals surface area contributed by atoms with Crippen LogP contribution in [0.15, 0.2) is 49.1 Å². The Hall–Kier alpha value is -1.28. The molecule has 24 heavy (non-hydrogen) atoms. The van der Waals surface area contributed by atoms with E-state index in [1.807, 2.05) is 12.1 Å². The molecule has 0 fully saturated rings. The van der Waals surface area contributed by atoms with Gasteiger partial charge in [0.05, 0.1) is 0 Å². The number of fused-ring (bicyclic) bond motifs is 1. The molecule has 3 rings (SSSR count). The number of halogens is 2. The Labute approximate surface area is 154 Å². The molecule has 1 unspecified atom stereocenters.